The van der Waals surface area contributed by atoms with Crippen LogP contribution in [0.2, 0.25) is 0 Å². The molecule has 3 aromatic heterocycles. The van der Waals surface area contributed by atoms with Gasteiger partial charge in [0.25, 0.3) is 5.91 Å². The van der Waals surface area contributed by atoms with Crippen molar-refractivity contribution in [2.24, 2.45) is 24.6 Å². The Morgan fingerprint density at radius 1 is 1.24 bits per heavy atom. The molecule has 2 amide bonds. The summed E-state index contributed by atoms with van der Waals surface area (Å²) in [6, 6.07) is 5.34. The Labute approximate surface area is 198 Å². The fraction of sp³-hybridized carbons (Fsp3) is 0.500. The molecule has 0 spiro atoms. The van der Waals surface area contributed by atoms with Crippen LogP contribution in [0.15, 0.2) is 24.4 Å². The van der Waals surface area contributed by atoms with Crippen LogP contribution in [-0.4, -0.2) is 41.6 Å². The summed E-state index contributed by atoms with van der Waals surface area (Å²) in [5.74, 6) is 0.0430. The van der Waals surface area contributed by atoms with Gasteiger partial charge in [-0.2, -0.15) is 5.10 Å². The number of carbonyl (C=O) groups is 2. The Morgan fingerprint density at radius 3 is 2.50 bits per heavy atom. The normalized spacial score (nSPS) is 19.1. The number of pyridine rings is 1. The Balaban J connectivity index is 1.60. The van der Waals surface area contributed by atoms with Crippen molar-refractivity contribution in [2.75, 3.05) is 5.32 Å². The summed E-state index contributed by atoms with van der Waals surface area (Å²) in [5.41, 5.74) is 9.02. The maximum Gasteiger partial charge on any atom is 0.266 e. The summed E-state index contributed by atoms with van der Waals surface area (Å²) in [4.78, 5) is 29.9. The zero-order valence-electron chi connectivity index (χ0n) is 20.2. The highest BCUT2D eigenvalue weighted by Gasteiger charge is 2.35. The number of nitrogens with one attached hydrogen (secondary N) is 1. The van der Waals surface area contributed by atoms with Gasteiger partial charge in [0.2, 0.25) is 5.91 Å². The van der Waals surface area contributed by atoms with Gasteiger partial charge in [-0.3, -0.25) is 14.3 Å². The molecule has 10 nitrogen and oxygen atoms in total. The zero-order chi connectivity index (χ0) is 24.4. The van der Waals surface area contributed by atoms with E-state index in [4.69, 9.17) is 5.73 Å². The van der Waals surface area contributed by atoms with E-state index in [1.54, 1.807) is 27.7 Å². The standard InChI is InChI=1S/C24H32N8O2/c1-5-32-19(23(25)33)12-18(29-32)21(16-8-6-14(2)7-9-16)24(34)27-20-11-10-17(13-26-20)22-15(3)28-30-31(22)4/h10-14,16,21H,5-9H2,1-4H3,(H2,25,33)(H,26,27,34). The largest absolute Gasteiger partial charge is 0.364 e. The Hall–Kier alpha value is -3.56. The molecule has 3 heterocycles. The number of hydrogen-bond donors (Lipinski definition) is 2. The Kier molecular flexibility index (Phi) is 6.76. The minimum atomic E-state index is -0.547. The van der Waals surface area contributed by atoms with Crippen molar-refractivity contribution >= 4 is 17.6 Å². The number of rotatable bonds is 7. The molecule has 1 unspecified atom stereocenters. The molecule has 3 N–H and O–H groups in total. The molecule has 1 atom stereocenters. The molecule has 1 aliphatic rings. The van der Waals surface area contributed by atoms with Gasteiger partial charge in [-0.15, -0.1) is 5.10 Å². The lowest BCUT2D eigenvalue weighted by molar-refractivity contribution is -0.119. The molecule has 1 saturated carbocycles. The number of carbonyl (C=O) groups excluding carboxylic acids is 2. The smallest absolute Gasteiger partial charge is 0.266 e. The van der Waals surface area contributed by atoms with Crippen molar-refractivity contribution < 1.29 is 9.59 Å². The Morgan fingerprint density at radius 2 is 1.97 bits per heavy atom. The van der Waals surface area contributed by atoms with Crippen molar-refractivity contribution in [1.29, 1.82) is 0 Å². The van der Waals surface area contributed by atoms with Crippen LogP contribution in [0.3, 0.4) is 0 Å². The molecule has 0 aliphatic heterocycles. The molecule has 0 radical (unpaired) electrons. The second-order valence-corrected chi connectivity index (χ2v) is 9.20. The van der Waals surface area contributed by atoms with Crippen LogP contribution < -0.4 is 11.1 Å². The fourth-order valence-electron chi connectivity index (χ4n) is 4.91. The zero-order valence-corrected chi connectivity index (χ0v) is 20.2. The molecule has 0 aromatic carbocycles. The van der Waals surface area contributed by atoms with Crippen molar-refractivity contribution in [2.45, 2.75) is 58.9 Å². The molecule has 34 heavy (non-hydrogen) atoms. The maximum absolute atomic E-state index is 13.6. The summed E-state index contributed by atoms with van der Waals surface area (Å²) < 4.78 is 3.27. The molecular formula is C24H32N8O2. The monoisotopic (exact) mass is 464 g/mol. The van der Waals surface area contributed by atoms with Gasteiger partial charge in [-0.05, 0) is 56.7 Å². The first-order valence-electron chi connectivity index (χ1n) is 11.8. The van der Waals surface area contributed by atoms with E-state index >= 15 is 0 Å². The molecule has 0 bridgehead atoms. The van der Waals surface area contributed by atoms with E-state index in [0.29, 0.717) is 29.7 Å². The number of anilines is 1. The SMILES string of the molecule is CCn1nc(C(C(=O)Nc2ccc(-c3c(C)nnn3C)cn2)C2CCC(C)CC2)cc1C(N)=O. The van der Waals surface area contributed by atoms with Crippen molar-refractivity contribution in [1.82, 2.24) is 29.8 Å². The molecule has 0 saturated heterocycles. The first kappa shape index (κ1) is 23.6. The van der Waals surface area contributed by atoms with Crippen molar-refractivity contribution in [3.8, 4) is 11.3 Å². The van der Waals surface area contributed by atoms with Gasteiger partial charge in [0.1, 0.15) is 11.5 Å². The molecule has 1 fully saturated rings. The second kappa shape index (κ2) is 9.74. The van der Waals surface area contributed by atoms with Crippen LogP contribution in [0, 0.1) is 18.8 Å². The van der Waals surface area contributed by atoms with Gasteiger partial charge in [0.05, 0.1) is 23.0 Å². The number of aromatic nitrogens is 6. The molecule has 3 aromatic rings. The number of hydrogen-bond acceptors (Lipinski definition) is 6. The predicted molar refractivity (Wildman–Crippen MR) is 128 cm³/mol. The van der Waals surface area contributed by atoms with E-state index < -0.39 is 11.8 Å². The minimum absolute atomic E-state index is 0.138. The Bertz CT molecular complexity index is 1150. The number of aryl methyl sites for hydroxylation is 3. The molecule has 10 heteroatoms. The van der Waals surface area contributed by atoms with Gasteiger partial charge in [-0.25, -0.2) is 9.67 Å². The quantitative estimate of drug-likeness (QED) is 0.552. The average molecular weight is 465 g/mol. The van der Waals surface area contributed by atoms with Gasteiger partial charge in [0, 0.05) is 25.4 Å². The van der Waals surface area contributed by atoms with Crippen LogP contribution in [0.25, 0.3) is 11.3 Å². The fourth-order valence-corrected chi connectivity index (χ4v) is 4.91. The summed E-state index contributed by atoms with van der Waals surface area (Å²) >= 11 is 0. The van der Waals surface area contributed by atoms with Crippen LogP contribution in [0.4, 0.5) is 5.82 Å². The maximum atomic E-state index is 13.6. The highest BCUT2D eigenvalue weighted by atomic mass is 16.2. The summed E-state index contributed by atoms with van der Waals surface area (Å²) in [5, 5.41) is 15.7. The second-order valence-electron chi connectivity index (χ2n) is 9.20. The summed E-state index contributed by atoms with van der Waals surface area (Å²) in [7, 11) is 1.83. The first-order valence-corrected chi connectivity index (χ1v) is 11.8. The third kappa shape index (κ3) is 4.71. The van der Waals surface area contributed by atoms with Crippen molar-refractivity contribution in [3.05, 3.63) is 41.5 Å². The average Bonchev–Trinajstić information content (AvgIpc) is 3.39. The van der Waals surface area contributed by atoms with Gasteiger partial charge in [0.15, 0.2) is 0 Å². The molecule has 180 valence electrons. The van der Waals surface area contributed by atoms with Crippen LogP contribution in [0.1, 0.15) is 67.3 Å². The van der Waals surface area contributed by atoms with Crippen LogP contribution in [0.5, 0.6) is 0 Å². The van der Waals surface area contributed by atoms with Crippen LogP contribution >= 0.6 is 0 Å². The minimum Gasteiger partial charge on any atom is -0.364 e. The molecule has 1 aliphatic carbocycles. The lowest BCUT2D eigenvalue weighted by atomic mass is 9.75. The number of nitrogens with two attached hydrogens (primary N) is 1. The molecular weight excluding hydrogens is 432 g/mol. The third-order valence-corrected chi connectivity index (χ3v) is 6.77. The van der Waals surface area contributed by atoms with Crippen LogP contribution in [-0.2, 0) is 18.4 Å². The number of primary amides is 1. The van der Waals surface area contributed by atoms with E-state index in [9.17, 15) is 9.59 Å². The van der Waals surface area contributed by atoms with E-state index in [2.05, 4.69) is 32.6 Å². The van der Waals surface area contributed by atoms with E-state index in [-0.39, 0.29) is 11.8 Å². The van der Waals surface area contributed by atoms with Gasteiger partial charge >= 0.3 is 0 Å². The van der Waals surface area contributed by atoms with E-state index in [1.807, 2.05) is 27.0 Å². The lowest BCUT2D eigenvalue weighted by Crippen LogP contribution is -2.30. The number of amides is 2. The van der Waals surface area contributed by atoms with Crippen molar-refractivity contribution in [3.63, 3.8) is 0 Å². The van der Waals surface area contributed by atoms with Gasteiger partial charge in [-0.1, -0.05) is 25.0 Å². The topological polar surface area (TPSA) is 134 Å². The summed E-state index contributed by atoms with van der Waals surface area (Å²) in [6.45, 7) is 6.53. The van der Waals surface area contributed by atoms with E-state index in [0.717, 1.165) is 42.6 Å². The number of nitrogens with zero attached hydrogens (tertiary/aromatic N) is 6. The third-order valence-electron chi connectivity index (χ3n) is 6.77. The summed E-state index contributed by atoms with van der Waals surface area (Å²) in [6.07, 6.45) is 5.70. The lowest BCUT2D eigenvalue weighted by Gasteiger charge is -2.31. The highest BCUT2D eigenvalue weighted by Crippen LogP contribution is 2.38. The molecule has 4 rings (SSSR count). The van der Waals surface area contributed by atoms with E-state index in [1.165, 1.54) is 0 Å². The first-order chi connectivity index (χ1) is 16.3. The highest BCUT2D eigenvalue weighted by molar-refractivity contribution is 5.96. The van der Waals surface area contributed by atoms with Gasteiger partial charge < -0.3 is 11.1 Å². The predicted octanol–water partition coefficient (Wildman–Crippen LogP) is 3.05.